The zero-order chi connectivity index (χ0) is 21.1. The van der Waals surface area contributed by atoms with Crippen molar-refractivity contribution < 1.29 is 19.1 Å². The van der Waals surface area contributed by atoms with Gasteiger partial charge in [0.25, 0.3) is 0 Å². The molecule has 3 aromatic rings. The molecule has 0 bridgehead atoms. The number of benzene rings is 1. The van der Waals surface area contributed by atoms with E-state index in [1.807, 2.05) is 31.2 Å². The van der Waals surface area contributed by atoms with Crippen LogP contribution in [0.4, 0.5) is 5.82 Å². The van der Waals surface area contributed by atoms with E-state index in [1.165, 1.54) is 10.9 Å². The van der Waals surface area contributed by atoms with Gasteiger partial charge in [-0.2, -0.15) is 9.78 Å². The van der Waals surface area contributed by atoms with Crippen molar-refractivity contribution in [3.63, 3.8) is 0 Å². The van der Waals surface area contributed by atoms with E-state index in [2.05, 4.69) is 15.4 Å². The first-order valence-corrected chi connectivity index (χ1v) is 9.38. The summed E-state index contributed by atoms with van der Waals surface area (Å²) >= 11 is 0. The molecule has 0 aliphatic rings. The number of methoxy groups -OCH3 is 1. The molecule has 0 spiro atoms. The number of anilines is 1. The zero-order valence-electron chi connectivity index (χ0n) is 17.1. The fraction of sp³-hybridized carbons (Fsp3) is 0.333. The summed E-state index contributed by atoms with van der Waals surface area (Å²) in [6.07, 6.45) is 1.37. The van der Waals surface area contributed by atoms with Crippen molar-refractivity contribution in [2.24, 2.45) is 5.92 Å². The average molecular weight is 396 g/mol. The van der Waals surface area contributed by atoms with Gasteiger partial charge in [-0.05, 0) is 31.5 Å². The number of rotatable bonds is 6. The molecular formula is C21H24N4O4. The molecule has 29 heavy (non-hydrogen) atoms. The Bertz CT molecular complexity index is 1070. The Labute approximate surface area is 168 Å². The van der Waals surface area contributed by atoms with E-state index < -0.39 is 5.97 Å². The van der Waals surface area contributed by atoms with Crippen LogP contribution in [0.2, 0.25) is 0 Å². The third-order valence-corrected chi connectivity index (χ3v) is 4.46. The van der Waals surface area contributed by atoms with Gasteiger partial charge in [-0.1, -0.05) is 26.0 Å². The molecule has 2 heterocycles. The summed E-state index contributed by atoms with van der Waals surface area (Å²) in [5.41, 5.74) is 1.79. The van der Waals surface area contributed by atoms with Crippen molar-refractivity contribution in [1.29, 1.82) is 0 Å². The highest BCUT2D eigenvalue weighted by atomic mass is 16.5. The number of hydrogen-bond donors (Lipinski definition) is 1. The molecule has 0 fully saturated rings. The van der Waals surface area contributed by atoms with E-state index in [9.17, 15) is 9.59 Å². The van der Waals surface area contributed by atoms with Crippen molar-refractivity contribution in [1.82, 2.24) is 14.8 Å². The van der Waals surface area contributed by atoms with E-state index in [0.717, 1.165) is 10.9 Å². The molecule has 152 valence electrons. The summed E-state index contributed by atoms with van der Waals surface area (Å²) in [5.74, 6) is 0.218. The van der Waals surface area contributed by atoms with Crippen LogP contribution in [0.3, 0.4) is 0 Å². The average Bonchev–Trinajstić information content (AvgIpc) is 3.11. The van der Waals surface area contributed by atoms with Gasteiger partial charge in [0.2, 0.25) is 5.91 Å². The van der Waals surface area contributed by atoms with E-state index in [4.69, 9.17) is 9.47 Å². The quantitative estimate of drug-likeness (QED) is 0.641. The molecule has 8 heteroatoms. The number of amides is 1. The topological polar surface area (TPSA) is 95.3 Å². The number of pyridine rings is 1. The maximum Gasteiger partial charge on any atom is 0.343 e. The molecule has 0 saturated carbocycles. The second-order valence-electron chi connectivity index (χ2n) is 6.84. The highest BCUT2D eigenvalue weighted by Crippen LogP contribution is 2.29. The maximum atomic E-state index is 12.4. The lowest BCUT2D eigenvalue weighted by Crippen LogP contribution is -2.22. The SMILES string of the molecule is CCOC(=O)c1cnn(-c2cc(C)c3cccc(OC)c3n2)c1NC(=O)C(C)C. The fourth-order valence-electron chi connectivity index (χ4n) is 2.91. The van der Waals surface area contributed by atoms with Crippen molar-refractivity contribution in [2.45, 2.75) is 27.7 Å². The third-order valence-electron chi connectivity index (χ3n) is 4.46. The van der Waals surface area contributed by atoms with E-state index in [-0.39, 0.29) is 29.8 Å². The molecule has 8 nitrogen and oxygen atoms in total. The number of aryl methyl sites for hydroxylation is 1. The van der Waals surface area contributed by atoms with Crippen molar-refractivity contribution in [2.75, 3.05) is 19.0 Å². The second-order valence-corrected chi connectivity index (χ2v) is 6.84. The summed E-state index contributed by atoms with van der Waals surface area (Å²) < 4.78 is 12.0. The van der Waals surface area contributed by atoms with Gasteiger partial charge in [-0.15, -0.1) is 0 Å². The predicted molar refractivity (Wildman–Crippen MR) is 110 cm³/mol. The number of carbonyl (C=O) groups is 2. The lowest BCUT2D eigenvalue weighted by molar-refractivity contribution is -0.118. The molecule has 0 radical (unpaired) electrons. The Morgan fingerprint density at radius 1 is 1.28 bits per heavy atom. The number of ether oxygens (including phenoxy) is 2. The number of fused-ring (bicyclic) bond motifs is 1. The van der Waals surface area contributed by atoms with Crippen LogP contribution in [-0.2, 0) is 9.53 Å². The Balaban J connectivity index is 2.20. The van der Waals surface area contributed by atoms with Gasteiger partial charge in [0.05, 0.1) is 19.9 Å². The predicted octanol–water partition coefficient (Wildman–Crippen LogP) is 3.51. The smallest absolute Gasteiger partial charge is 0.343 e. The van der Waals surface area contributed by atoms with E-state index in [1.54, 1.807) is 27.9 Å². The summed E-state index contributed by atoms with van der Waals surface area (Å²) in [6, 6.07) is 7.52. The van der Waals surface area contributed by atoms with Gasteiger partial charge in [-0.3, -0.25) is 4.79 Å². The van der Waals surface area contributed by atoms with E-state index >= 15 is 0 Å². The molecule has 0 aliphatic heterocycles. The minimum atomic E-state index is -0.562. The lowest BCUT2D eigenvalue weighted by Gasteiger charge is -2.14. The minimum absolute atomic E-state index is 0.167. The highest BCUT2D eigenvalue weighted by molar-refractivity contribution is 6.01. The van der Waals surface area contributed by atoms with E-state index in [0.29, 0.717) is 17.1 Å². The Hall–Kier alpha value is -3.42. The Morgan fingerprint density at radius 3 is 2.69 bits per heavy atom. The van der Waals surface area contributed by atoms with Crippen LogP contribution in [0.15, 0.2) is 30.5 Å². The number of carbonyl (C=O) groups excluding carboxylic acids is 2. The van der Waals surface area contributed by atoms with Gasteiger partial charge in [0.1, 0.15) is 16.8 Å². The van der Waals surface area contributed by atoms with Gasteiger partial charge >= 0.3 is 5.97 Å². The zero-order valence-corrected chi connectivity index (χ0v) is 17.1. The number of para-hydroxylation sites is 1. The number of nitrogens with one attached hydrogen (secondary N) is 1. The first-order chi connectivity index (χ1) is 13.9. The van der Waals surface area contributed by atoms with Gasteiger partial charge in [0.15, 0.2) is 11.6 Å². The standard InChI is InChI=1S/C21H24N4O4/c1-6-29-21(27)15-11-22-25(19(15)24-20(26)12(2)3)17-10-13(4)14-8-7-9-16(28-5)18(14)23-17/h7-12H,6H2,1-5H3,(H,24,26). The summed E-state index contributed by atoms with van der Waals surface area (Å²) in [5, 5.41) is 8.03. The molecule has 1 N–H and O–H groups in total. The molecule has 2 aromatic heterocycles. The Morgan fingerprint density at radius 2 is 2.03 bits per heavy atom. The van der Waals surface area contributed by atoms with Gasteiger partial charge in [-0.25, -0.2) is 9.78 Å². The van der Waals surface area contributed by atoms with Crippen molar-refractivity contribution in [3.8, 4) is 11.6 Å². The summed E-state index contributed by atoms with van der Waals surface area (Å²) in [4.78, 5) is 29.4. The molecule has 1 amide bonds. The van der Waals surface area contributed by atoms with Crippen molar-refractivity contribution >= 4 is 28.6 Å². The molecule has 0 aliphatic carbocycles. The number of hydrogen-bond acceptors (Lipinski definition) is 6. The van der Waals surface area contributed by atoms with Gasteiger partial charge < -0.3 is 14.8 Å². The molecular weight excluding hydrogens is 372 g/mol. The fourth-order valence-corrected chi connectivity index (χ4v) is 2.91. The molecule has 0 unspecified atom stereocenters. The first-order valence-electron chi connectivity index (χ1n) is 9.38. The van der Waals surface area contributed by atoms with Crippen molar-refractivity contribution in [3.05, 3.63) is 41.6 Å². The lowest BCUT2D eigenvalue weighted by atomic mass is 10.1. The van der Waals surface area contributed by atoms with Crippen LogP contribution in [-0.4, -0.2) is 40.4 Å². The number of esters is 1. The van der Waals surface area contributed by atoms with Crippen LogP contribution in [0.1, 0.15) is 36.7 Å². The maximum absolute atomic E-state index is 12.4. The molecule has 3 rings (SSSR count). The molecule has 1 aromatic carbocycles. The second kappa shape index (κ2) is 8.30. The minimum Gasteiger partial charge on any atom is -0.494 e. The van der Waals surface area contributed by atoms with Crippen LogP contribution in [0.25, 0.3) is 16.7 Å². The van der Waals surface area contributed by atoms with Crippen LogP contribution < -0.4 is 10.1 Å². The normalized spacial score (nSPS) is 11.0. The molecule has 0 saturated heterocycles. The summed E-state index contributed by atoms with van der Waals surface area (Å²) in [6.45, 7) is 7.42. The first kappa shape index (κ1) is 20.3. The number of aromatic nitrogens is 3. The summed E-state index contributed by atoms with van der Waals surface area (Å²) in [7, 11) is 1.58. The largest absolute Gasteiger partial charge is 0.494 e. The van der Waals surface area contributed by atoms with Gasteiger partial charge in [0, 0.05) is 11.3 Å². The molecule has 0 atom stereocenters. The Kier molecular flexibility index (Phi) is 5.81. The third kappa shape index (κ3) is 3.91. The van der Waals surface area contributed by atoms with Crippen LogP contribution in [0.5, 0.6) is 5.75 Å². The highest BCUT2D eigenvalue weighted by Gasteiger charge is 2.23. The number of nitrogens with zero attached hydrogens (tertiary/aromatic N) is 3. The van der Waals surface area contributed by atoms with Crippen LogP contribution >= 0.6 is 0 Å². The van der Waals surface area contributed by atoms with Crippen LogP contribution in [0, 0.1) is 12.8 Å². The monoisotopic (exact) mass is 396 g/mol.